The molecule has 160 valence electrons. The lowest BCUT2D eigenvalue weighted by atomic mass is 10.1. The minimum absolute atomic E-state index is 0.242. The Morgan fingerprint density at radius 2 is 1.73 bits per heavy atom. The Morgan fingerprint density at radius 3 is 2.30 bits per heavy atom. The van der Waals surface area contributed by atoms with E-state index in [1.54, 1.807) is 0 Å². The van der Waals surface area contributed by atoms with E-state index >= 15 is 0 Å². The number of carbonyl (C=O) groups is 1. The van der Waals surface area contributed by atoms with Crippen LogP contribution in [0.4, 0.5) is 13.2 Å². The van der Waals surface area contributed by atoms with Gasteiger partial charge in [-0.25, -0.2) is 4.98 Å². The number of benzene rings is 1. The summed E-state index contributed by atoms with van der Waals surface area (Å²) >= 11 is 0. The normalized spacial score (nSPS) is 11.4. The molecular weight excluding hydrogens is 403 g/mol. The monoisotopic (exact) mass is 423 g/mol. The number of halogens is 3. The van der Waals surface area contributed by atoms with Crippen molar-refractivity contribution in [3.05, 3.63) is 53.5 Å². The van der Waals surface area contributed by atoms with Gasteiger partial charge in [0.15, 0.2) is 11.5 Å². The molecule has 7 nitrogen and oxygen atoms in total. The van der Waals surface area contributed by atoms with E-state index in [1.807, 2.05) is 0 Å². The summed E-state index contributed by atoms with van der Waals surface area (Å²) < 4.78 is 55.5. The van der Waals surface area contributed by atoms with Crippen LogP contribution in [-0.2, 0) is 12.6 Å². The minimum atomic E-state index is -4.42. The molecule has 3 rings (SSSR count). The molecule has 0 atom stereocenters. The summed E-state index contributed by atoms with van der Waals surface area (Å²) in [6, 6.07) is 5.35. The molecule has 0 unspecified atom stereocenters. The van der Waals surface area contributed by atoms with E-state index in [2.05, 4.69) is 10.3 Å². The van der Waals surface area contributed by atoms with E-state index in [4.69, 9.17) is 14.2 Å². The van der Waals surface area contributed by atoms with Crippen LogP contribution in [0.3, 0.4) is 0 Å². The van der Waals surface area contributed by atoms with Crippen LogP contribution in [0.5, 0.6) is 17.2 Å². The molecule has 30 heavy (non-hydrogen) atoms. The van der Waals surface area contributed by atoms with Gasteiger partial charge in [0.25, 0.3) is 5.91 Å². The third-order valence-electron chi connectivity index (χ3n) is 4.42. The van der Waals surface area contributed by atoms with Crippen molar-refractivity contribution in [1.82, 2.24) is 14.7 Å². The lowest BCUT2D eigenvalue weighted by molar-refractivity contribution is -0.137. The number of rotatable bonds is 7. The van der Waals surface area contributed by atoms with Crippen molar-refractivity contribution in [2.45, 2.75) is 12.6 Å². The molecule has 1 N–H and O–H groups in total. The first-order valence-corrected chi connectivity index (χ1v) is 8.90. The summed E-state index contributed by atoms with van der Waals surface area (Å²) in [6.45, 7) is 0.242. The van der Waals surface area contributed by atoms with Crippen molar-refractivity contribution < 1.29 is 32.2 Å². The van der Waals surface area contributed by atoms with Gasteiger partial charge in [-0.05, 0) is 24.3 Å². The van der Waals surface area contributed by atoms with Gasteiger partial charge in [0.1, 0.15) is 5.65 Å². The van der Waals surface area contributed by atoms with Gasteiger partial charge in [-0.3, -0.25) is 4.79 Å². The van der Waals surface area contributed by atoms with E-state index in [0.29, 0.717) is 40.6 Å². The molecule has 0 aliphatic rings. The molecular formula is C20H20F3N3O4. The molecule has 0 radical (unpaired) electrons. The van der Waals surface area contributed by atoms with E-state index in [-0.39, 0.29) is 12.5 Å². The molecule has 0 fully saturated rings. The molecule has 2 heterocycles. The van der Waals surface area contributed by atoms with Gasteiger partial charge >= 0.3 is 6.18 Å². The number of carbonyl (C=O) groups excluding carboxylic acids is 1. The van der Waals surface area contributed by atoms with Crippen molar-refractivity contribution in [1.29, 1.82) is 0 Å². The van der Waals surface area contributed by atoms with Crippen LogP contribution in [0.2, 0.25) is 0 Å². The van der Waals surface area contributed by atoms with Crippen molar-refractivity contribution in [2.24, 2.45) is 0 Å². The predicted octanol–water partition coefficient (Wildman–Crippen LogP) is 3.35. The summed E-state index contributed by atoms with van der Waals surface area (Å²) in [4.78, 5) is 16.8. The SMILES string of the molecule is COc1cc(C(=O)NCCc2cn3cc(C(F)(F)F)ccc3n2)cc(OC)c1OC. The topological polar surface area (TPSA) is 74.1 Å². The number of methoxy groups -OCH3 is 3. The third-order valence-corrected chi connectivity index (χ3v) is 4.42. The molecule has 0 spiro atoms. The fourth-order valence-corrected chi connectivity index (χ4v) is 2.95. The highest BCUT2D eigenvalue weighted by molar-refractivity contribution is 5.95. The summed E-state index contributed by atoms with van der Waals surface area (Å²) in [5.74, 6) is 0.711. The summed E-state index contributed by atoms with van der Waals surface area (Å²) in [7, 11) is 4.37. The average Bonchev–Trinajstić information content (AvgIpc) is 3.13. The number of alkyl halides is 3. The second-order valence-electron chi connectivity index (χ2n) is 6.33. The van der Waals surface area contributed by atoms with Crippen LogP contribution in [0.25, 0.3) is 5.65 Å². The molecule has 10 heteroatoms. The maximum Gasteiger partial charge on any atom is 0.417 e. The van der Waals surface area contributed by atoms with Crippen LogP contribution in [-0.4, -0.2) is 43.2 Å². The first-order valence-electron chi connectivity index (χ1n) is 8.90. The van der Waals surface area contributed by atoms with E-state index in [0.717, 1.165) is 12.3 Å². The maximum atomic E-state index is 12.8. The van der Waals surface area contributed by atoms with Gasteiger partial charge in [-0.15, -0.1) is 0 Å². The summed E-state index contributed by atoms with van der Waals surface area (Å²) in [5.41, 5.74) is 0.512. The molecule has 0 saturated heterocycles. The Hall–Kier alpha value is -3.43. The van der Waals surface area contributed by atoms with E-state index < -0.39 is 11.7 Å². The largest absolute Gasteiger partial charge is 0.493 e. The zero-order valence-electron chi connectivity index (χ0n) is 16.5. The fourth-order valence-electron chi connectivity index (χ4n) is 2.95. The minimum Gasteiger partial charge on any atom is -0.493 e. The number of nitrogens with one attached hydrogen (secondary N) is 1. The van der Waals surface area contributed by atoms with Crippen molar-refractivity contribution >= 4 is 11.6 Å². The van der Waals surface area contributed by atoms with Crippen molar-refractivity contribution in [2.75, 3.05) is 27.9 Å². The van der Waals surface area contributed by atoms with Gasteiger partial charge in [-0.2, -0.15) is 13.2 Å². The highest BCUT2D eigenvalue weighted by Gasteiger charge is 2.30. The van der Waals surface area contributed by atoms with Crippen LogP contribution in [0, 0.1) is 0 Å². The maximum absolute atomic E-state index is 12.8. The molecule has 3 aromatic rings. The lowest BCUT2D eigenvalue weighted by Gasteiger charge is -2.14. The Bertz CT molecular complexity index is 1040. The van der Waals surface area contributed by atoms with E-state index in [9.17, 15) is 18.0 Å². The number of hydrogen-bond donors (Lipinski definition) is 1. The number of aromatic nitrogens is 2. The number of pyridine rings is 1. The van der Waals surface area contributed by atoms with Gasteiger partial charge in [0.2, 0.25) is 5.75 Å². The van der Waals surface area contributed by atoms with Gasteiger partial charge < -0.3 is 23.9 Å². The molecule has 0 aliphatic heterocycles. The van der Waals surface area contributed by atoms with Crippen LogP contribution in [0.1, 0.15) is 21.6 Å². The second-order valence-corrected chi connectivity index (χ2v) is 6.33. The number of imidazole rings is 1. The zero-order valence-corrected chi connectivity index (χ0v) is 16.5. The Kier molecular flexibility index (Phi) is 6.04. The van der Waals surface area contributed by atoms with Crippen molar-refractivity contribution in [3.63, 3.8) is 0 Å². The Morgan fingerprint density at radius 1 is 1.07 bits per heavy atom. The number of nitrogens with zero attached hydrogens (tertiary/aromatic N) is 2. The highest BCUT2D eigenvalue weighted by Crippen LogP contribution is 2.38. The highest BCUT2D eigenvalue weighted by atomic mass is 19.4. The first kappa shape index (κ1) is 21.3. The molecule has 0 aliphatic carbocycles. The molecule has 1 aromatic carbocycles. The number of amides is 1. The fraction of sp³-hybridized carbons (Fsp3) is 0.300. The Labute approximate surface area is 170 Å². The average molecular weight is 423 g/mol. The molecule has 0 bridgehead atoms. The first-order chi connectivity index (χ1) is 14.3. The zero-order chi connectivity index (χ0) is 21.9. The third kappa shape index (κ3) is 4.42. The lowest BCUT2D eigenvalue weighted by Crippen LogP contribution is -2.25. The second kappa shape index (κ2) is 8.52. The van der Waals surface area contributed by atoms with Gasteiger partial charge in [0, 0.05) is 30.9 Å². The van der Waals surface area contributed by atoms with Gasteiger partial charge in [-0.1, -0.05) is 0 Å². The molecule has 2 aromatic heterocycles. The molecule has 0 saturated carbocycles. The smallest absolute Gasteiger partial charge is 0.417 e. The number of fused-ring (bicyclic) bond motifs is 1. The molecule has 1 amide bonds. The number of hydrogen-bond acceptors (Lipinski definition) is 5. The summed E-state index contributed by atoms with van der Waals surface area (Å²) in [6.07, 6.45) is -1.58. The quantitative estimate of drug-likeness (QED) is 0.631. The Balaban J connectivity index is 1.68. The van der Waals surface area contributed by atoms with Crippen molar-refractivity contribution in [3.8, 4) is 17.2 Å². The van der Waals surface area contributed by atoms with Crippen LogP contribution < -0.4 is 19.5 Å². The standard InChI is InChI=1S/C20H20F3N3O4/c1-28-15-8-12(9-16(29-2)18(15)30-3)19(27)24-7-6-14-11-26-10-13(20(21,22)23)4-5-17(26)25-14/h4-5,8-11H,6-7H2,1-3H3,(H,24,27). The number of ether oxygens (including phenoxy) is 3. The summed E-state index contributed by atoms with van der Waals surface area (Å²) in [5, 5.41) is 2.75. The predicted molar refractivity (Wildman–Crippen MR) is 102 cm³/mol. The van der Waals surface area contributed by atoms with Crippen LogP contribution in [0.15, 0.2) is 36.7 Å². The van der Waals surface area contributed by atoms with E-state index in [1.165, 1.54) is 50.1 Å². The van der Waals surface area contributed by atoms with Crippen LogP contribution >= 0.6 is 0 Å². The van der Waals surface area contributed by atoms with Gasteiger partial charge in [0.05, 0.1) is 32.6 Å².